The SMILES string of the molecule is Cc1n[nH]c2c1C(=O)NCC2. The van der Waals surface area contributed by atoms with Gasteiger partial charge in [0.25, 0.3) is 5.91 Å². The molecule has 11 heavy (non-hydrogen) atoms. The number of aromatic amines is 1. The van der Waals surface area contributed by atoms with Crippen molar-refractivity contribution in [3.05, 3.63) is 17.0 Å². The molecule has 1 aromatic rings. The summed E-state index contributed by atoms with van der Waals surface area (Å²) in [5.74, 6) is -0.00231. The lowest BCUT2D eigenvalue weighted by molar-refractivity contribution is 0.0945. The van der Waals surface area contributed by atoms with E-state index in [-0.39, 0.29) is 5.91 Å². The molecule has 0 spiro atoms. The number of nitrogens with one attached hydrogen (secondary N) is 2. The van der Waals surface area contributed by atoms with Crippen LogP contribution in [0, 0.1) is 6.92 Å². The minimum absolute atomic E-state index is 0.00231. The van der Waals surface area contributed by atoms with Crippen molar-refractivity contribution in [2.24, 2.45) is 0 Å². The van der Waals surface area contributed by atoms with Crippen LogP contribution in [0.2, 0.25) is 0 Å². The van der Waals surface area contributed by atoms with Crippen LogP contribution in [0.25, 0.3) is 0 Å². The summed E-state index contributed by atoms with van der Waals surface area (Å²) in [7, 11) is 0. The first kappa shape index (κ1) is 6.39. The summed E-state index contributed by atoms with van der Waals surface area (Å²) >= 11 is 0. The lowest BCUT2D eigenvalue weighted by atomic mass is 10.1. The third-order valence-electron chi connectivity index (χ3n) is 1.91. The number of aromatic nitrogens is 2. The topological polar surface area (TPSA) is 57.8 Å². The highest BCUT2D eigenvalue weighted by Gasteiger charge is 2.20. The van der Waals surface area contributed by atoms with E-state index in [4.69, 9.17) is 0 Å². The Balaban J connectivity index is 2.56. The number of aryl methyl sites for hydroxylation is 1. The molecule has 0 aromatic carbocycles. The zero-order valence-electron chi connectivity index (χ0n) is 6.27. The van der Waals surface area contributed by atoms with Crippen LogP contribution in [-0.2, 0) is 6.42 Å². The molecule has 0 saturated heterocycles. The number of amides is 1. The normalized spacial score (nSPS) is 15.9. The Labute approximate surface area is 64.0 Å². The van der Waals surface area contributed by atoms with Gasteiger partial charge in [0.2, 0.25) is 0 Å². The summed E-state index contributed by atoms with van der Waals surface area (Å²) in [5, 5.41) is 9.57. The summed E-state index contributed by atoms with van der Waals surface area (Å²) in [6.07, 6.45) is 0.863. The molecule has 4 heteroatoms. The monoisotopic (exact) mass is 151 g/mol. The van der Waals surface area contributed by atoms with Gasteiger partial charge in [-0.05, 0) is 6.92 Å². The van der Waals surface area contributed by atoms with Gasteiger partial charge in [-0.2, -0.15) is 5.10 Å². The minimum Gasteiger partial charge on any atom is -0.352 e. The highest BCUT2D eigenvalue weighted by Crippen LogP contribution is 2.13. The molecule has 0 fully saturated rings. The van der Waals surface area contributed by atoms with Crippen molar-refractivity contribution in [3.8, 4) is 0 Å². The van der Waals surface area contributed by atoms with Crippen molar-refractivity contribution in [3.63, 3.8) is 0 Å². The molecule has 2 N–H and O–H groups in total. The lowest BCUT2D eigenvalue weighted by Gasteiger charge is -2.11. The molecule has 0 bridgehead atoms. The Hall–Kier alpha value is -1.32. The third-order valence-corrected chi connectivity index (χ3v) is 1.91. The van der Waals surface area contributed by atoms with Crippen LogP contribution in [0.1, 0.15) is 21.7 Å². The zero-order valence-corrected chi connectivity index (χ0v) is 6.27. The van der Waals surface area contributed by atoms with Gasteiger partial charge in [0.1, 0.15) is 0 Å². The molecular weight excluding hydrogens is 142 g/mol. The molecule has 2 heterocycles. The average molecular weight is 151 g/mol. The van der Waals surface area contributed by atoms with Crippen LogP contribution >= 0.6 is 0 Å². The molecule has 0 saturated carbocycles. The van der Waals surface area contributed by atoms with E-state index in [1.54, 1.807) is 0 Å². The van der Waals surface area contributed by atoms with E-state index in [2.05, 4.69) is 15.5 Å². The average Bonchev–Trinajstić information content (AvgIpc) is 2.34. The molecule has 1 aliphatic rings. The molecule has 4 nitrogen and oxygen atoms in total. The van der Waals surface area contributed by atoms with Gasteiger partial charge in [-0.1, -0.05) is 0 Å². The fourth-order valence-electron chi connectivity index (χ4n) is 1.35. The minimum atomic E-state index is -0.00231. The summed E-state index contributed by atoms with van der Waals surface area (Å²) in [4.78, 5) is 11.2. The first-order valence-electron chi connectivity index (χ1n) is 3.61. The maximum atomic E-state index is 11.2. The van der Waals surface area contributed by atoms with Crippen molar-refractivity contribution < 1.29 is 4.79 Å². The van der Waals surface area contributed by atoms with E-state index >= 15 is 0 Å². The Kier molecular flexibility index (Phi) is 1.21. The maximum absolute atomic E-state index is 11.2. The largest absolute Gasteiger partial charge is 0.352 e. The highest BCUT2D eigenvalue weighted by atomic mass is 16.1. The summed E-state index contributed by atoms with van der Waals surface area (Å²) < 4.78 is 0. The van der Waals surface area contributed by atoms with Gasteiger partial charge in [0.15, 0.2) is 0 Å². The second-order valence-corrected chi connectivity index (χ2v) is 2.67. The molecule has 0 atom stereocenters. The van der Waals surface area contributed by atoms with Gasteiger partial charge in [-0.15, -0.1) is 0 Å². The fraction of sp³-hybridized carbons (Fsp3) is 0.429. The Morgan fingerprint density at radius 3 is 3.09 bits per heavy atom. The standard InChI is InChI=1S/C7H9N3O/c1-4-6-5(10-9-4)2-3-8-7(6)11/h2-3H2,1H3,(H,8,11)(H,9,10). The number of H-pyrrole nitrogens is 1. The number of hydrogen-bond acceptors (Lipinski definition) is 2. The van der Waals surface area contributed by atoms with Crippen molar-refractivity contribution in [1.29, 1.82) is 0 Å². The smallest absolute Gasteiger partial charge is 0.255 e. The van der Waals surface area contributed by atoms with Crippen molar-refractivity contribution in [2.45, 2.75) is 13.3 Å². The second kappa shape index (κ2) is 2.08. The van der Waals surface area contributed by atoms with Gasteiger partial charge in [-0.3, -0.25) is 9.89 Å². The molecule has 1 aromatic heterocycles. The van der Waals surface area contributed by atoms with E-state index in [0.29, 0.717) is 6.54 Å². The predicted molar refractivity (Wildman–Crippen MR) is 39.4 cm³/mol. The van der Waals surface area contributed by atoms with Crippen LogP contribution < -0.4 is 5.32 Å². The van der Waals surface area contributed by atoms with Crippen LogP contribution in [-0.4, -0.2) is 22.6 Å². The van der Waals surface area contributed by atoms with Crippen LogP contribution in [0.3, 0.4) is 0 Å². The van der Waals surface area contributed by atoms with E-state index in [1.165, 1.54) is 0 Å². The quantitative estimate of drug-likeness (QED) is 0.548. The molecule has 1 aliphatic heterocycles. The van der Waals surface area contributed by atoms with Gasteiger partial charge in [0, 0.05) is 18.7 Å². The third kappa shape index (κ3) is 0.824. The molecule has 58 valence electrons. The van der Waals surface area contributed by atoms with E-state index in [0.717, 1.165) is 23.4 Å². The van der Waals surface area contributed by atoms with Crippen molar-refractivity contribution in [1.82, 2.24) is 15.5 Å². The predicted octanol–water partition coefficient (Wildman–Crippen LogP) is 0.00402. The Morgan fingerprint density at radius 1 is 1.55 bits per heavy atom. The second-order valence-electron chi connectivity index (χ2n) is 2.67. The van der Waals surface area contributed by atoms with Crippen molar-refractivity contribution in [2.75, 3.05) is 6.54 Å². The Bertz CT molecular complexity index is 303. The van der Waals surface area contributed by atoms with Gasteiger partial charge >= 0.3 is 0 Å². The number of carbonyl (C=O) groups is 1. The number of hydrogen-bond donors (Lipinski definition) is 2. The molecule has 0 unspecified atom stereocenters. The van der Waals surface area contributed by atoms with Crippen LogP contribution in [0.15, 0.2) is 0 Å². The van der Waals surface area contributed by atoms with Crippen molar-refractivity contribution >= 4 is 5.91 Å². The number of rotatable bonds is 0. The summed E-state index contributed by atoms with van der Waals surface area (Å²) in [6.45, 7) is 2.55. The van der Waals surface area contributed by atoms with E-state index in [1.807, 2.05) is 6.92 Å². The van der Waals surface area contributed by atoms with Crippen LogP contribution in [0.5, 0.6) is 0 Å². The number of nitrogens with zero attached hydrogens (tertiary/aromatic N) is 1. The first-order chi connectivity index (χ1) is 5.29. The van der Waals surface area contributed by atoms with Gasteiger partial charge in [-0.25, -0.2) is 0 Å². The van der Waals surface area contributed by atoms with Crippen LogP contribution in [0.4, 0.5) is 0 Å². The Morgan fingerprint density at radius 2 is 2.36 bits per heavy atom. The molecular formula is C7H9N3O. The molecule has 1 amide bonds. The maximum Gasteiger partial charge on any atom is 0.255 e. The molecule has 0 aliphatic carbocycles. The highest BCUT2D eigenvalue weighted by molar-refractivity contribution is 5.97. The molecule has 2 rings (SSSR count). The van der Waals surface area contributed by atoms with E-state index in [9.17, 15) is 4.79 Å². The summed E-state index contributed by atoms with van der Waals surface area (Å²) in [6, 6.07) is 0. The lowest BCUT2D eigenvalue weighted by Crippen LogP contribution is -2.31. The first-order valence-corrected chi connectivity index (χ1v) is 3.61. The fourth-order valence-corrected chi connectivity index (χ4v) is 1.35. The number of fused-ring (bicyclic) bond motifs is 1. The number of carbonyl (C=O) groups excluding carboxylic acids is 1. The van der Waals surface area contributed by atoms with Gasteiger partial charge < -0.3 is 5.32 Å². The zero-order chi connectivity index (χ0) is 7.84. The summed E-state index contributed by atoms with van der Waals surface area (Å²) in [5.41, 5.74) is 2.49. The van der Waals surface area contributed by atoms with E-state index < -0.39 is 0 Å². The van der Waals surface area contributed by atoms with Gasteiger partial charge in [0.05, 0.1) is 11.3 Å². The molecule has 0 radical (unpaired) electrons.